The zero-order valence-electron chi connectivity index (χ0n) is 10.8. The van der Waals surface area contributed by atoms with Gasteiger partial charge in [-0.3, -0.25) is 4.79 Å². The lowest BCUT2D eigenvalue weighted by Crippen LogP contribution is -2.06. The van der Waals surface area contributed by atoms with Gasteiger partial charge in [-0.05, 0) is 48.4 Å². The lowest BCUT2D eigenvalue weighted by Gasteiger charge is -2.04. The summed E-state index contributed by atoms with van der Waals surface area (Å²) in [5.74, 6) is -0.470. The highest BCUT2D eigenvalue weighted by molar-refractivity contribution is 6.22. The Kier molecular flexibility index (Phi) is 2.79. The number of ether oxygens (including phenoxy) is 1. The van der Waals surface area contributed by atoms with Gasteiger partial charge in [-0.25, -0.2) is 4.79 Å². The molecule has 0 saturated carbocycles. The van der Waals surface area contributed by atoms with Gasteiger partial charge in [0, 0.05) is 11.1 Å². The first-order chi connectivity index (χ1) is 9.61. The van der Waals surface area contributed by atoms with Crippen molar-refractivity contribution in [3.8, 4) is 16.9 Å². The van der Waals surface area contributed by atoms with E-state index in [-0.39, 0.29) is 18.1 Å². The number of ketones is 1. The van der Waals surface area contributed by atoms with E-state index in [0.29, 0.717) is 22.3 Å². The van der Waals surface area contributed by atoms with E-state index >= 15 is 0 Å². The average Bonchev–Trinajstić information content (AvgIpc) is 2.72. The van der Waals surface area contributed by atoms with Gasteiger partial charge in [0.1, 0.15) is 5.75 Å². The number of phenolic OH excluding ortho intramolecular Hbond substituents is 1. The zero-order chi connectivity index (χ0) is 14.3. The van der Waals surface area contributed by atoms with Crippen molar-refractivity contribution in [2.24, 2.45) is 0 Å². The molecule has 1 N–H and O–H groups in total. The van der Waals surface area contributed by atoms with E-state index < -0.39 is 5.97 Å². The first kappa shape index (κ1) is 12.4. The molecule has 2 aromatic rings. The number of phenols is 1. The number of carbonyl (C=O) groups excluding carboxylic acids is 2. The third-order valence-corrected chi connectivity index (χ3v) is 3.31. The van der Waals surface area contributed by atoms with Crippen LogP contribution in [0.5, 0.6) is 5.75 Å². The van der Waals surface area contributed by atoms with E-state index in [0.717, 1.165) is 5.56 Å². The number of aromatic hydroxyl groups is 1. The number of hydrogen-bond donors (Lipinski definition) is 1. The second-order valence-corrected chi connectivity index (χ2v) is 4.54. The molecule has 0 saturated heterocycles. The summed E-state index contributed by atoms with van der Waals surface area (Å²) < 4.78 is 4.93. The fourth-order valence-electron chi connectivity index (χ4n) is 2.41. The molecule has 3 rings (SSSR count). The van der Waals surface area contributed by atoms with Crippen LogP contribution in [-0.2, 0) is 4.74 Å². The minimum absolute atomic E-state index is 0.110. The Hall–Kier alpha value is -2.62. The summed E-state index contributed by atoms with van der Waals surface area (Å²) in [6.45, 7) is 2.02. The van der Waals surface area contributed by atoms with Gasteiger partial charge in [-0.15, -0.1) is 0 Å². The predicted octanol–water partition coefficient (Wildman–Crippen LogP) is 2.78. The molecule has 0 radical (unpaired) electrons. The van der Waals surface area contributed by atoms with Crippen molar-refractivity contribution >= 4 is 11.8 Å². The molecule has 20 heavy (non-hydrogen) atoms. The third-order valence-electron chi connectivity index (χ3n) is 3.31. The van der Waals surface area contributed by atoms with Crippen LogP contribution in [0.1, 0.15) is 33.2 Å². The first-order valence-corrected chi connectivity index (χ1v) is 6.31. The molecule has 0 bridgehead atoms. The van der Waals surface area contributed by atoms with Crippen molar-refractivity contribution in [2.45, 2.75) is 6.92 Å². The fraction of sp³-hybridized carbons (Fsp3) is 0.125. The molecule has 4 nitrogen and oxygen atoms in total. The average molecular weight is 268 g/mol. The van der Waals surface area contributed by atoms with E-state index in [1.807, 2.05) is 0 Å². The van der Waals surface area contributed by atoms with Crippen molar-refractivity contribution in [2.75, 3.05) is 6.61 Å². The van der Waals surface area contributed by atoms with E-state index in [1.165, 1.54) is 6.07 Å². The summed E-state index contributed by atoms with van der Waals surface area (Å²) in [7, 11) is 0. The topological polar surface area (TPSA) is 63.6 Å². The van der Waals surface area contributed by atoms with Crippen LogP contribution in [0, 0.1) is 0 Å². The fourth-order valence-corrected chi connectivity index (χ4v) is 2.41. The van der Waals surface area contributed by atoms with E-state index in [2.05, 4.69) is 0 Å². The van der Waals surface area contributed by atoms with Crippen LogP contribution >= 0.6 is 0 Å². The van der Waals surface area contributed by atoms with Gasteiger partial charge in [0.15, 0.2) is 5.78 Å². The van der Waals surface area contributed by atoms with Crippen molar-refractivity contribution in [1.82, 2.24) is 0 Å². The maximum Gasteiger partial charge on any atom is 0.338 e. The molecule has 0 fully saturated rings. The molecule has 0 aromatic heterocycles. The Morgan fingerprint density at radius 1 is 1.05 bits per heavy atom. The normalized spacial score (nSPS) is 11.9. The van der Waals surface area contributed by atoms with E-state index in [4.69, 9.17) is 4.74 Å². The van der Waals surface area contributed by atoms with Gasteiger partial charge in [-0.1, -0.05) is 6.07 Å². The molecule has 0 spiro atoms. The minimum atomic E-state index is -0.443. The number of fused-ring (bicyclic) bond motifs is 3. The molecule has 2 aromatic carbocycles. The molecular weight excluding hydrogens is 256 g/mol. The maximum atomic E-state index is 12.3. The zero-order valence-corrected chi connectivity index (χ0v) is 10.8. The molecule has 0 heterocycles. The Balaban J connectivity index is 2.11. The quantitative estimate of drug-likeness (QED) is 0.726. The molecule has 1 aliphatic carbocycles. The monoisotopic (exact) mass is 268 g/mol. The van der Waals surface area contributed by atoms with Gasteiger partial charge in [0.25, 0.3) is 0 Å². The summed E-state index contributed by atoms with van der Waals surface area (Å²) in [6.07, 6.45) is 0. The van der Waals surface area contributed by atoms with E-state index in [9.17, 15) is 14.7 Å². The SMILES string of the molecule is CCOC(=O)c1ccc2c(c1)C(=O)c1ccc(O)cc1-2. The lowest BCUT2D eigenvalue weighted by atomic mass is 10.0. The molecule has 0 aliphatic heterocycles. The summed E-state index contributed by atoms with van der Waals surface area (Å²) >= 11 is 0. The summed E-state index contributed by atoms with van der Waals surface area (Å²) in [5.41, 5.74) is 2.79. The number of hydrogen-bond acceptors (Lipinski definition) is 4. The number of rotatable bonds is 2. The Morgan fingerprint density at radius 3 is 2.55 bits per heavy atom. The standard InChI is InChI=1S/C16H12O4/c1-2-20-16(19)9-3-5-11-13-8-10(17)4-6-12(13)15(18)14(11)7-9/h3-8,17H,2H2,1H3. The maximum absolute atomic E-state index is 12.3. The second kappa shape index (κ2) is 4.49. The van der Waals surface area contributed by atoms with Crippen LogP contribution < -0.4 is 0 Å². The summed E-state index contributed by atoms with van der Waals surface area (Å²) in [4.78, 5) is 24.0. The van der Waals surface area contributed by atoms with Crippen LogP contribution in [0.3, 0.4) is 0 Å². The van der Waals surface area contributed by atoms with Gasteiger partial charge < -0.3 is 9.84 Å². The highest BCUT2D eigenvalue weighted by Crippen LogP contribution is 2.38. The largest absolute Gasteiger partial charge is 0.508 e. The van der Waals surface area contributed by atoms with Crippen LogP contribution in [0.25, 0.3) is 11.1 Å². The molecule has 4 heteroatoms. The van der Waals surface area contributed by atoms with Crippen molar-refractivity contribution in [3.63, 3.8) is 0 Å². The predicted molar refractivity (Wildman–Crippen MR) is 72.9 cm³/mol. The number of benzene rings is 2. The first-order valence-electron chi connectivity index (χ1n) is 6.31. The minimum Gasteiger partial charge on any atom is -0.508 e. The van der Waals surface area contributed by atoms with Gasteiger partial charge in [0.2, 0.25) is 0 Å². The van der Waals surface area contributed by atoms with Crippen molar-refractivity contribution in [1.29, 1.82) is 0 Å². The van der Waals surface area contributed by atoms with Crippen LogP contribution in [-0.4, -0.2) is 23.5 Å². The highest BCUT2D eigenvalue weighted by atomic mass is 16.5. The van der Waals surface area contributed by atoms with Gasteiger partial charge in [0.05, 0.1) is 12.2 Å². The van der Waals surface area contributed by atoms with Crippen LogP contribution in [0.2, 0.25) is 0 Å². The molecular formula is C16H12O4. The molecule has 0 unspecified atom stereocenters. The van der Waals surface area contributed by atoms with Crippen LogP contribution in [0.15, 0.2) is 36.4 Å². The summed E-state index contributed by atoms with van der Waals surface area (Å²) in [6, 6.07) is 9.52. The smallest absolute Gasteiger partial charge is 0.338 e. The van der Waals surface area contributed by atoms with Gasteiger partial charge >= 0.3 is 5.97 Å². The molecule has 0 amide bonds. The number of carbonyl (C=O) groups is 2. The second-order valence-electron chi connectivity index (χ2n) is 4.54. The van der Waals surface area contributed by atoms with Crippen molar-refractivity contribution < 1.29 is 19.4 Å². The lowest BCUT2D eigenvalue weighted by molar-refractivity contribution is 0.0526. The molecule has 0 atom stereocenters. The molecule has 100 valence electrons. The van der Waals surface area contributed by atoms with Crippen LogP contribution in [0.4, 0.5) is 0 Å². The Morgan fingerprint density at radius 2 is 1.80 bits per heavy atom. The summed E-state index contributed by atoms with van der Waals surface area (Å²) in [5, 5.41) is 9.54. The van der Waals surface area contributed by atoms with Crippen molar-refractivity contribution in [3.05, 3.63) is 53.1 Å². The third kappa shape index (κ3) is 1.77. The molecule has 1 aliphatic rings. The Labute approximate surface area is 115 Å². The Bertz CT molecular complexity index is 731. The van der Waals surface area contributed by atoms with Gasteiger partial charge in [-0.2, -0.15) is 0 Å². The highest BCUT2D eigenvalue weighted by Gasteiger charge is 2.27. The number of esters is 1. The van der Waals surface area contributed by atoms with E-state index in [1.54, 1.807) is 37.3 Å².